The number of fused-ring (bicyclic) bond motifs is 1. The van der Waals surface area contributed by atoms with E-state index in [1.165, 1.54) is 18.1 Å². The van der Waals surface area contributed by atoms with Gasteiger partial charge in [0.1, 0.15) is 11.4 Å². The molecule has 0 unspecified atom stereocenters. The Labute approximate surface area is 171 Å². The predicted octanol–water partition coefficient (Wildman–Crippen LogP) is 4.51. The zero-order chi connectivity index (χ0) is 19.5. The molecule has 1 amide bonds. The fraction of sp³-hybridized carbons (Fsp3) is 0.100. The Morgan fingerprint density at radius 1 is 1.14 bits per heavy atom. The van der Waals surface area contributed by atoms with Crippen molar-refractivity contribution in [1.82, 2.24) is 19.7 Å². The van der Waals surface area contributed by atoms with Gasteiger partial charge in [0.2, 0.25) is 5.91 Å². The number of aromatic nitrogens is 4. The van der Waals surface area contributed by atoms with E-state index in [2.05, 4.69) is 20.4 Å². The summed E-state index contributed by atoms with van der Waals surface area (Å²) in [5.41, 5.74) is 3.36. The molecule has 0 radical (unpaired) electrons. The Morgan fingerprint density at radius 3 is 2.75 bits per heavy atom. The minimum atomic E-state index is -0.156. The molecule has 2 aromatic heterocycles. The molecule has 0 saturated carbocycles. The van der Waals surface area contributed by atoms with E-state index in [-0.39, 0.29) is 11.7 Å². The standard InChI is InChI=1S/C20H16ClN5OS/c1-13-6-2-5-9-17(13)26-19-14(10-24-26)20(23-12-22-19)28-11-18(27)25-16-8-4-3-7-15(16)21/h2-10,12H,11H2,1H3,(H,25,27). The smallest absolute Gasteiger partial charge is 0.234 e. The summed E-state index contributed by atoms with van der Waals surface area (Å²) in [4.78, 5) is 21.0. The van der Waals surface area contributed by atoms with Gasteiger partial charge in [-0.25, -0.2) is 14.6 Å². The van der Waals surface area contributed by atoms with Crippen molar-refractivity contribution in [2.75, 3.05) is 11.1 Å². The summed E-state index contributed by atoms with van der Waals surface area (Å²) in [5.74, 6) is 0.0449. The molecule has 28 heavy (non-hydrogen) atoms. The quantitative estimate of drug-likeness (QED) is 0.388. The van der Waals surface area contributed by atoms with Crippen molar-refractivity contribution < 1.29 is 4.79 Å². The molecule has 6 nitrogen and oxygen atoms in total. The first-order valence-corrected chi connectivity index (χ1v) is 9.92. The van der Waals surface area contributed by atoms with Crippen molar-refractivity contribution in [2.45, 2.75) is 11.9 Å². The molecule has 0 fully saturated rings. The Morgan fingerprint density at radius 2 is 1.93 bits per heavy atom. The third-order valence-electron chi connectivity index (χ3n) is 4.16. The topological polar surface area (TPSA) is 72.7 Å². The number of anilines is 1. The second kappa shape index (κ2) is 8.00. The highest BCUT2D eigenvalue weighted by Crippen LogP contribution is 2.27. The van der Waals surface area contributed by atoms with Gasteiger partial charge in [-0.3, -0.25) is 4.79 Å². The summed E-state index contributed by atoms with van der Waals surface area (Å²) < 4.78 is 1.79. The normalized spacial score (nSPS) is 10.9. The van der Waals surface area contributed by atoms with Crippen LogP contribution in [-0.2, 0) is 4.79 Å². The lowest BCUT2D eigenvalue weighted by atomic mass is 10.2. The average Bonchev–Trinajstić information content (AvgIpc) is 3.13. The molecule has 4 rings (SSSR count). The average molecular weight is 410 g/mol. The molecule has 2 heterocycles. The number of carbonyl (C=O) groups excluding carboxylic acids is 1. The zero-order valence-corrected chi connectivity index (χ0v) is 16.5. The fourth-order valence-electron chi connectivity index (χ4n) is 2.80. The van der Waals surface area contributed by atoms with Crippen LogP contribution in [0.5, 0.6) is 0 Å². The van der Waals surface area contributed by atoms with E-state index in [1.54, 1.807) is 23.0 Å². The van der Waals surface area contributed by atoms with Crippen LogP contribution in [-0.4, -0.2) is 31.4 Å². The van der Waals surface area contributed by atoms with E-state index in [4.69, 9.17) is 11.6 Å². The molecule has 4 aromatic rings. The minimum Gasteiger partial charge on any atom is -0.324 e. The first-order valence-electron chi connectivity index (χ1n) is 8.55. The number of carbonyl (C=O) groups is 1. The largest absolute Gasteiger partial charge is 0.324 e. The maximum absolute atomic E-state index is 12.3. The van der Waals surface area contributed by atoms with Crippen LogP contribution in [0.3, 0.4) is 0 Å². The van der Waals surface area contributed by atoms with Crippen LogP contribution < -0.4 is 5.32 Å². The summed E-state index contributed by atoms with van der Waals surface area (Å²) in [7, 11) is 0. The van der Waals surface area contributed by atoms with Gasteiger partial charge in [0.05, 0.1) is 33.7 Å². The van der Waals surface area contributed by atoms with Crippen molar-refractivity contribution in [2.24, 2.45) is 0 Å². The van der Waals surface area contributed by atoms with Crippen molar-refractivity contribution in [3.8, 4) is 5.69 Å². The maximum Gasteiger partial charge on any atom is 0.234 e. The van der Waals surface area contributed by atoms with Gasteiger partial charge in [-0.1, -0.05) is 53.7 Å². The van der Waals surface area contributed by atoms with E-state index in [0.717, 1.165) is 16.6 Å². The van der Waals surface area contributed by atoms with E-state index in [0.29, 0.717) is 21.4 Å². The molecule has 0 saturated heterocycles. The van der Waals surface area contributed by atoms with Crippen LogP contribution in [0.1, 0.15) is 5.56 Å². The lowest BCUT2D eigenvalue weighted by molar-refractivity contribution is -0.113. The van der Waals surface area contributed by atoms with Gasteiger partial charge >= 0.3 is 0 Å². The van der Waals surface area contributed by atoms with Gasteiger partial charge in [-0.15, -0.1) is 0 Å². The Balaban J connectivity index is 1.55. The van der Waals surface area contributed by atoms with Crippen molar-refractivity contribution in [1.29, 1.82) is 0 Å². The second-order valence-corrected chi connectivity index (χ2v) is 7.45. The molecule has 0 atom stereocenters. The van der Waals surface area contributed by atoms with Crippen LogP contribution >= 0.6 is 23.4 Å². The predicted molar refractivity (Wildman–Crippen MR) is 112 cm³/mol. The van der Waals surface area contributed by atoms with E-state index in [9.17, 15) is 4.79 Å². The highest BCUT2D eigenvalue weighted by Gasteiger charge is 2.14. The summed E-state index contributed by atoms with van der Waals surface area (Å²) in [6, 6.07) is 15.1. The lowest BCUT2D eigenvalue weighted by Crippen LogP contribution is -2.14. The van der Waals surface area contributed by atoms with E-state index < -0.39 is 0 Å². The number of thioether (sulfide) groups is 1. The van der Waals surface area contributed by atoms with Crippen LogP contribution in [0.4, 0.5) is 5.69 Å². The third-order valence-corrected chi connectivity index (χ3v) is 5.50. The highest BCUT2D eigenvalue weighted by atomic mass is 35.5. The number of aryl methyl sites for hydroxylation is 1. The number of para-hydroxylation sites is 2. The van der Waals surface area contributed by atoms with Gasteiger partial charge < -0.3 is 5.32 Å². The number of nitrogens with zero attached hydrogens (tertiary/aromatic N) is 4. The van der Waals surface area contributed by atoms with Gasteiger partial charge in [0, 0.05) is 0 Å². The first-order chi connectivity index (χ1) is 13.6. The maximum atomic E-state index is 12.3. The molecule has 0 aliphatic carbocycles. The Hall–Kier alpha value is -2.90. The number of hydrogen-bond acceptors (Lipinski definition) is 5. The van der Waals surface area contributed by atoms with Gasteiger partial charge in [-0.05, 0) is 30.7 Å². The molecule has 0 spiro atoms. The number of benzene rings is 2. The number of halogens is 1. The molecule has 140 valence electrons. The minimum absolute atomic E-state index is 0.156. The van der Waals surface area contributed by atoms with Crippen molar-refractivity contribution in [3.63, 3.8) is 0 Å². The SMILES string of the molecule is Cc1ccccc1-n1ncc2c(SCC(=O)Nc3ccccc3Cl)ncnc21. The molecule has 0 aliphatic rings. The molecule has 8 heteroatoms. The molecule has 2 aromatic carbocycles. The summed E-state index contributed by atoms with van der Waals surface area (Å²) in [6.45, 7) is 2.03. The number of hydrogen-bond donors (Lipinski definition) is 1. The second-order valence-electron chi connectivity index (χ2n) is 6.08. The van der Waals surface area contributed by atoms with Crippen molar-refractivity contribution >= 4 is 46.0 Å². The summed E-state index contributed by atoms with van der Waals surface area (Å²) in [6.07, 6.45) is 3.23. The van der Waals surface area contributed by atoms with Crippen LogP contribution in [0.25, 0.3) is 16.7 Å². The van der Waals surface area contributed by atoms with Gasteiger partial charge in [0.25, 0.3) is 0 Å². The summed E-state index contributed by atoms with van der Waals surface area (Å²) in [5, 5.41) is 9.31. The molecular weight excluding hydrogens is 394 g/mol. The molecule has 0 bridgehead atoms. The number of nitrogens with one attached hydrogen (secondary N) is 1. The number of amides is 1. The highest BCUT2D eigenvalue weighted by molar-refractivity contribution is 8.00. The molecule has 1 N–H and O–H groups in total. The number of rotatable bonds is 5. The monoisotopic (exact) mass is 409 g/mol. The summed E-state index contributed by atoms with van der Waals surface area (Å²) >= 11 is 7.42. The van der Waals surface area contributed by atoms with Crippen LogP contribution in [0.15, 0.2) is 66.1 Å². The fourth-order valence-corrected chi connectivity index (χ4v) is 3.74. The van der Waals surface area contributed by atoms with Crippen LogP contribution in [0, 0.1) is 6.92 Å². The lowest BCUT2D eigenvalue weighted by Gasteiger charge is -2.08. The van der Waals surface area contributed by atoms with Crippen molar-refractivity contribution in [3.05, 3.63) is 71.6 Å². The van der Waals surface area contributed by atoms with Gasteiger partial charge in [0.15, 0.2) is 5.65 Å². The Bertz CT molecular complexity index is 1160. The Kier molecular flexibility index (Phi) is 5.27. The molecule has 0 aliphatic heterocycles. The van der Waals surface area contributed by atoms with E-state index in [1.807, 2.05) is 43.3 Å². The van der Waals surface area contributed by atoms with Crippen LogP contribution in [0.2, 0.25) is 5.02 Å². The molecular formula is C20H16ClN5OS. The third kappa shape index (κ3) is 3.72. The zero-order valence-electron chi connectivity index (χ0n) is 15.0. The van der Waals surface area contributed by atoms with Gasteiger partial charge in [-0.2, -0.15) is 5.10 Å². The first kappa shape index (κ1) is 18.5. The van der Waals surface area contributed by atoms with E-state index >= 15 is 0 Å².